The summed E-state index contributed by atoms with van der Waals surface area (Å²) in [6, 6.07) is 9.36. The van der Waals surface area contributed by atoms with E-state index in [0.29, 0.717) is 5.75 Å². The standard InChI is InChI=1S/C19H32O4/c1-16(2,3)19(17(4,5)6,18(12-20,13-21)14-22)23-15-10-8-7-9-11-15/h7-11,20-22H,12-14H2,1-6H3. The van der Waals surface area contributed by atoms with Crippen molar-refractivity contribution in [2.75, 3.05) is 19.8 Å². The maximum Gasteiger partial charge on any atom is 0.131 e. The van der Waals surface area contributed by atoms with Crippen molar-refractivity contribution in [1.29, 1.82) is 0 Å². The Hall–Kier alpha value is -1.10. The van der Waals surface area contributed by atoms with E-state index in [2.05, 4.69) is 0 Å². The zero-order chi connectivity index (χ0) is 17.9. The second kappa shape index (κ2) is 6.80. The minimum absolute atomic E-state index is 0.374. The number of aliphatic hydroxyl groups is 3. The molecular formula is C19H32O4. The topological polar surface area (TPSA) is 69.9 Å². The van der Waals surface area contributed by atoms with Gasteiger partial charge >= 0.3 is 0 Å². The summed E-state index contributed by atoms with van der Waals surface area (Å²) in [6.07, 6.45) is 0. The third-order valence-corrected chi connectivity index (χ3v) is 4.78. The molecule has 0 aliphatic carbocycles. The summed E-state index contributed by atoms with van der Waals surface area (Å²) in [5.74, 6) is 0.650. The van der Waals surface area contributed by atoms with Crippen molar-refractivity contribution in [2.24, 2.45) is 16.2 Å². The van der Waals surface area contributed by atoms with Gasteiger partial charge in [0, 0.05) is 10.8 Å². The molecule has 1 aromatic rings. The fourth-order valence-corrected chi connectivity index (χ4v) is 4.28. The van der Waals surface area contributed by atoms with Gasteiger partial charge in [0.2, 0.25) is 0 Å². The van der Waals surface area contributed by atoms with E-state index in [1.807, 2.05) is 71.9 Å². The summed E-state index contributed by atoms with van der Waals surface area (Å²) in [5, 5.41) is 30.4. The van der Waals surface area contributed by atoms with Crippen LogP contribution in [0.15, 0.2) is 30.3 Å². The Bertz CT molecular complexity index is 456. The minimum Gasteiger partial charge on any atom is -0.485 e. The van der Waals surface area contributed by atoms with E-state index >= 15 is 0 Å². The molecule has 0 fully saturated rings. The lowest BCUT2D eigenvalue weighted by Gasteiger charge is -2.61. The van der Waals surface area contributed by atoms with Crippen molar-refractivity contribution in [3.8, 4) is 5.75 Å². The van der Waals surface area contributed by atoms with Gasteiger partial charge in [-0.05, 0) is 12.1 Å². The molecule has 0 aliphatic heterocycles. The first kappa shape index (κ1) is 19.9. The molecule has 1 rings (SSSR count). The highest BCUT2D eigenvalue weighted by Gasteiger charge is 2.65. The second-order valence-corrected chi connectivity index (χ2v) is 8.35. The van der Waals surface area contributed by atoms with Crippen LogP contribution in [0.1, 0.15) is 41.5 Å². The monoisotopic (exact) mass is 324 g/mol. The number of rotatable bonds is 6. The molecule has 4 heteroatoms. The quantitative estimate of drug-likeness (QED) is 0.752. The maximum absolute atomic E-state index is 10.1. The molecule has 0 spiro atoms. The first-order valence-corrected chi connectivity index (χ1v) is 8.08. The smallest absolute Gasteiger partial charge is 0.131 e. The molecule has 0 bridgehead atoms. The van der Waals surface area contributed by atoms with Gasteiger partial charge in [-0.25, -0.2) is 0 Å². The number of aliphatic hydroxyl groups excluding tert-OH is 3. The van der Waals surface area contributed by atoms with E-state index in [1.54, 1.807) is 0 Å². The molecule has 0 aromatic heterocycles. The van der Waals surface area contributed by atoms with Crippen LogP contribution in [-0.4, -0.2) is 40.7 Å². The van der Waals surface area contributed by atoms with Gasteiger partial charge in [0.25, 0.3) is 0 Å². The molecule has 23 heavy (non-hydrogen) atoms. The van der Waals surface area contributed by atoms with Crippen molar-refractivity contribution in [2.45, 2.75) is 47.1 Å². The summed E-state index contributed by atoms with van der Waals surface area (Å²) in [7, 11) is 0. The van der Waals surface area contributed by atoms with Crippen LogP contribution in [0.5, 0.6) is 5.75 Å². The molecule has 4 nitrogen and oxygen atoms in total. The summed E-state index contributed by atoms with van der Waals surface area (Å²) >= 11 is 0. The summed E-state index contributed by atoms with van der Waals surface area (Å²) in [6.45, 7) is 10.9. The molecule has 132 valence electrons. The average molecular weight is 324 g/mol. The number of hydrogen-bond donors (Lipinski definition) is 3. The van der Waals surface area contributed by atoms with Crippen LogP contribution in [0.4, 0.5) is 0 Å². The lowest BCUT2D eigenvalue weighted by molar-refractivity contribution is -0.236. The van der Waals surface area contributed by atoms with E-state index in [4.69, 9.17) is 4.74 Å². The number of ether oxygens (including phenoxy) is 1. The van der Waals surface area contributed by atoms with Crippen molar-refractivity contribution in [3.63, 3.8) is 0 Å². The second-order valence-electron chi connectivity index (χ2n) is 8.35. The van der Waals surface area contributed by atoms with Gasteiger partial charge in [0.15, 0.2) is 0 Å². The largest absolute Gasteiger partial charge is 0.485 e. The molecule has 0 unspecified atom stereocenters. The zero-order valence-electron chi connectivity index (χ0n) is 15.3. The molecule has 0 heterocycles. The van der Waals surface area contributed by atoms with E-state index in [1.165, 1.54) is 0 Å². The Balaban J connectivity index is 3.69. The van der Waals surface area contributed by atoms with Crippen LogP contribution in [0.2, 0.25) is 0 Å². The zero-order valence-corrected chi connectivity index (χ0v) is 15.3. The van der Waals surface area contributed by atoms with E-state index in [-0.39, 0.29) is 19.8 Å². The number of hydrogen-bond acceptors (Lipinski definition) is 4. The van der Waals surface area contributed by atoms with Gasteiger partial charge in [-0.1, -0.05) is 59.7 Å². The van der Waals surface area contributed by atoms with E-state index in [0.717, 1.165) is 0 Å². The van der Waals surface area contributed by atoms with Crippen LogP contribution in [0, 0.1) is 16.2 Å². The van der Waals surface area contributed by atoms with Crippen molar-refractivity contribution in [3.05, 3.63) is 30.3 Å². The molecule has 0 radical (unpaired) electrons. The highest BCUT2D eigenvalue weighted by molar-refractivity contribution is 5.25. The van der Waals surface area contributed by atoms with Gasteiger partial charge < -0.3 is 20.1 Å². The van der Waals surface area contributed by atoms with Gasteiger partial charge in [0.05, 0.1) is 25.2 Å². The highest BCUT2D eigenvalue weighted by Crippen LogP contribution is 2.56. The normalized spacial score (nSPS) is 14.0. The van der Waals surface area contributed by atoms with Gasteiger partial charge in [-0.15, -0.1) is 0 Å². The fraction of sp³-hybridized carbons (Fsp3) is 0.684. The number of benzene rings is 1. The first-order chi connectivity index (χ1) is 10.5. The Morgan fingerprint density at radius 1 is 0.739 bits per heavy atom. The highest BCUT2D eigenvalue weighted by atomic mass is 16.5. The minimum atomic E-state index is -1.20. The molecular weight excluding hydrogens is 292 g/mol. The Kier molecular flexibility index (Phi) is 5.89. The van der Waals surface area contributed by atoms with E-state index < -0.39 is 21.8 Å². The third kappa shape index (κ3) is 3.25. The lowest BCUT2D eigenvalue weighted by Crippen LogP contribution is -2.71. The number of para-hydroxylation sites is 1. The van der Waals surface area contributed by atoms with Crippen LogP contribution in [0.25, 0.3) is 0 Å². The predicted molar refractivity (Wildman–Crippen MR) is 92.4 cm³/mol. The Morgan fingerprint density at radius 2 is 1.13 bits per heavy atom. The SMILES string of the molecule is CC(C)(C)C(Oc1ccccc1)(C(C)(C)C)C(CO)(CO)CO. The van der Waals surface area contributed by atoms with Crippen molar-refractivity contribution >= 4 is 0 Å². The maximum atomic E-state index is 10.1. The third-order valence-electron chi connectivity index (χ3n) is 4.78. The Labute approximate surface area is 140 Å². The van der Waals surface area contributed by atoms with Gasteiger partial charge in [0.1, 0.15) is 11.4 Å². The Morgan fingerprint density at radius 3 is 1.43 bits per heavy atom. The molecule has 0 atom stereocenters. The molecule has 0 saturated carbocycles. The average Bonchev–Trinajstić information content (AvgIpc) is 2.47. The molecule has 0 saturated heterocycles. The van der Waals surface area contributed by atoms with Crippen molar-refractivity contribution < 1.29 is 20.1 Å². The molecule has 0 aliphatic rings. The molecule has 3 N–H and O–H groups in total. The van der Waals surface area contributed by atoms with Gasteiger partial charge in [-0.3, -0.25) is 0 Å². The summed E-state index contributed by atoms with van der Waals surface area (Å²) < 4.78 is 6.49. The van der Waals surface area contributed by atoms with Crippen LogP contribution >= 0.6 is 0 Å². The van der Waals surface area contributed by atoms with Crippen LogP contribution < -0.4 is 4.74 Å². The summed E-state index contributed by atoms with van der Waals surface area (Å²) in [4.78, 5) is 0. The fourth-order valence-electron chi connectivity index (χ4n) is 4.28. The predicted octanol–water partition coefficient (Wildman–Crippen LogP) is 2.86. The summed E-state index contributed by atoms with van der Waals surface area (Å²) in [5.41, 5.74) is -3.13. The van der Waals surface area contributed by atoms with Crippen LogP contribution in [0.3, 0.4) is 0 Å². The first-order valence-electron chi connectivity index (χ1n) is 8.08. The molecule has 1 aromatic carbocycles. The van der Waals surface area contributed by atoms with E-state index in [9.17, 15) is 15.3 Å². The lowest BCUT2D eigenvalue weighted by atomic mass is 9.51. The van der Waals surface area contributed by atoms with Crippen LogP contribution in [-0.2, 0) is 0 Å². The molecule has 0 amide bonds. The van der Waals surface area contributed by atoms with Gasteiger partial charge in [-0.2, -0.15) is 0 Å². The van der Waals surface area contributed by atoms with Crippen molar-refractivity contribution in [1.82, 2.24) is 0 Å².